The standard InChI is InChI=1S/C44H43NO2/c1-41(2)26-42(3,4)28-43(27-41)37-15-11-10-14-34(37)38-33-21-16-29(25-46)24-36(33)40-35(39(38)43)22-23-44(47-40,30-12-8-7-9-13-30)31-17-19-32(20-18-31)45(5)6/h7-25H,26-28H2,1-6H3/t44-/m1/s1. The molecule has 0 amide bonds. The molecule has 1 aliphatic heterocycles. The van der Waals surface area contributed by atoms with E-state index in [1.54, 1.807) is 0 Å². The lowest BCUT2D eigenvalue weighted by atomic mass is 9.52. The number of hydrogen-bond donors (Lipinski definition) is 0. The first kappa shape index (κ1) is 29.8. The van der Waals surface area contributed by atoms with E-state index in [2.05, 4.69) is 144 Å². The molecule has 1 atom stereocenters. The fourth-order valence-corrected chi connectivity index (χ4v) is 9.92. The topological polar surface area (TPSA) is 29.5 Å². The Labute approximate surface area is 278 Å². The minimum absolute atomic E-state index is 0.154. The Balaban J connectivity index is 1.47. The van der Waals surface area contributed by atoms with Crippen molar-refractivity contribution in [2.45, 2.75) is 58.0 Å². The highest BCUT2D eigenvalue weighted by Gasteiger charge is 2.55. The van der Waals surface area contributed by atoms with Crippen LogP contribution < -0.4 is 9.64 Å². The van der Waals surface area contributed by atoms with Gasteiger partial charge in [-0.2, -0.15) is 0 Å². The summed E-state index contributed by atoms with van der Waals surface area (Å²) in [5, 5.41) is 2.13. The van der Waals surface area contributed by atoms with Crippen molar-refractivity contribution in [1.82, 2.24) is 0 Å². The van der Waals surface area contributed by atoms with Gasteiger partial charge in [-0.1, -0.05) is 113 Å². The maximum absolute atomic E-state index is 12.2. The minimum atomic E-state index is -0.846. The van der Waals surface area contributed by atoms with Gasteiger partial charge < -0.3 is 9.64 Å². The molecule has 0 saturated heterocycles. The maximum atomic E-state index is 12.2. The van der Waals surface area contributed by atoms with Gasteiger partial charge in [-0.3, -0.25) is 4.79 Å². The van der Waals surface area contributed by atoms with E-state index >= 15 is 0 Å². The summed E-state index contributed by atoms with van der Waals surface area (Å²) in [6.07, 6.45) is 8.90. The third kappa shape index (κ3) is 4.43. The van der Waals surface area contributed by atoms with Gasteiger partial charge in [-0.05, 0) is 82.0 Å². The number of carbonyl (C=O) groups is 1. The van der Waals surface area contributed by atoms with E-state index in [9.17, 15) is 4.79 Å². The first-order valence-electron chi connectivity index (χ1n) is 16.9. The first-order valence-corrected chi connectivity index (χ1v) is 16.9. The molecule has 1 saturated carbocycles. The Morgan fingerprint density at radius 1 is 0.723 bits per heavy atom. The SMILES string of the molecule is CN(C)c1ccc([C@]2(c3ccccc3)C=Cc3c4c(c5ccc(C=O)cc5c3O2)-c2ccccc2C42CC(C)(C)CC(C)(C)C2)cc1. The summed E-state index contributed by atoms with van der Waals surface area (Å²) in [5.41, 5.74) is 9.81. The molecule has 0 bridgehead atoms. The van der Waals surface area contributed by atoms with E-state index in [0.29, 0.717) is 5.56 Å². The Bertz CT molecular complexity index is 2070. The van der Waals surface area contributed by atoms with E-state index in [1.807, 2.05) is 12.1 Å². The van der Waals surface area contributed by atoms with E-state index in [0.717, 1.165) is 58.0 Å². The number of carbonyl (C=O) groups excluding carboxylic acids is 1. The fraction of sp³-hybridized carbons (Fsp3) is 0.295. The highest BCUT2D eigenvalue weighted by atomic mass is 16.5. The van der Waals surface area contributed by atoms with E-state index in [4.69, 9.17) is 4.74 Å². The molecule has 5 aromatic carbocycles. The maximum Gasteiger partial charge on any atom is 0.178 e. The van der Waals surface area contributed by atoms with Crippen molar-refractivity contribution in [3.05, 3.63) is 137 Å². The van der Waals surface area contributed by atoms with Gasteiger partial charge in [0.1, 0.15) is 12.0 Å². The molecule has 236 valence electrons. The average Bonchev–Trinajstić information content (AvgIpc) is 3.32. The molecule has 1 fully saturated rings. The predicted molar refractivity (Wildman–Crippen MR) is 195 cm³/mol. The highest BCUT2D eigenvalue weighted by Crippen LogP contribution is 2.66. The monoisotopic (exact) mass is 617 g/mol. The van der Waals surface area contributed by atoms with Crippen LogP contribution in [-0.2, 0) is 11.0 Å². The molecule has 3 heteroatoms. The van der Waals surface area contributed by atoms with Gasteiger partial charge in [0.2, 0.25) is 0 Å². The number of anilines is 1. The second kappa shape index (κ2) is 10.2. The van der Waals surface area contributed by atoms with Gasteiger partial charge in [0, 0.05) is 52.8 Å². The van der Waals surface area contributed by atoms with Crippen LogP contribution >= 0.6 is 0 Å². The summed E-state index contributed by atoms with van der Waals surface area (Å²) in [6, 6.07) is 34.5. The molecule has 0 radical (unpaired) electrons. The van der Waals surface area contributed by atoms with E-state index < -0.39 is 5.60 Å². The number of rotatable bonds is 4. The molecule has 47 heavy (non-hydrogen) atoms. The Kier molecular flexibility index (Phi) is 6.45. The molecule has 0 unspecified atom stereocenters. The van der Waals surface area contributed by atoms with Gasteiger partial charge in [0.15, 0.2) is 5.60 Å². The second-order valence-electron chi connectivity index (χ2n) is 15.9. The minimum Gasteiger partial charge on any atom is -0.472 e. The summed E-state index contributed by atoms with van der Waals surface area (Å²) in [4.78, 5) is 14.4. The summed E-state index contributed by atoms with van der Waals surface area (Å²) in [6.45, 7) is 9.79. The van der Waals surface area contributed by atoms with Crippen LogP contribution in [0.2, 0.25) is 0 Å². The first-order chi connectivity index (χ1) is 22.5. The average molecular weight is 618 g/mol. The van der Waals surface area contributed by atoms with Gasteiger partial charge in [-0.25, -0.2) is 0 Å². The Morgan fingerprint density at radius 3 is 2.06 bits per heavy atom. The molecule has 3 nitrogen and oxygen atoms in total. The summed E-state index contributed by atoms with van der Waals surface area (Å²) >= 11 is 0. The van der Waals surface area contributed by atoms with Crippen molar-refractivity contribution >= 4 is 28.8 Å². The third-order valence-corrected chi connectivity index (χ3v) is 10.9. The van der Waals surface area contributed by atoms with Crippen LogP contribution in [-0.4, -0.2) is 20.4 Å². The van der Waals surface area contributed by atoms with Crippen molar-refractivity contribution in [2.75, 3.05) is 19.0 Å². The van der Waals surface area contributed by atoms with E-state index in [1.165, 1.54) is 28.7 Å². The van der Waals surface area contributed by atoms with Crippen molar-refractivity contribution < 1.29 is 9.53 Å². The molecule has 2 aliphatic carbocycles. The molecule has 3 aliphatic rings. The smallest absolute Gasteiger partial charge is 0.178 e. The number of fused-ring (bicyclic) bond motifs is 10. The largest absolute Gasteiger partial charge is 0.472 e. The molecule has 1 heterocycles. The number of ether oxygens (including phenoxy) is 1. The lowest BCUT2D eigenvalue weighted by Gasteiger charge is -2.52. The quantitative estimate of drug-likeness (QED) is 0.188. The highest BCUT2D eigenvalue weighted by molar-refractivity contribution is 6.09. The van der Waals surface area contributed by atoms with Crippen LogP contribution in [0, 0.1) is 10.8 Å². The molecule has 8 rings (SSSR count). The van der Waals surface area contributed by atoms with Crippen molar-refractivity contribution in [3.63, 3.8) is 0 Å². The summed E-state index contributed by atoms with van der Waals surface area (Å²) < 4.78 is 7.55. The molecule has 0 N–H and O–H groups in total. The van der Waals surface area contributed by atoms with Crippen LogP contribution in [0.1, 0.15) is 85.1 Å². The van der Waals surface area contributed by atoms with Crippen LogP contribution in [0.25, 0.3) is 28.0 Å². The van der Waals surface area contributed by atoms with Crippen molar-refractivity contribution in [3.8, 4) is 16.9 Å². The van der Waals surface area contributed by atoms with Crippen LogP contribution in [0.5, 0.6) is 5.75 Å². The lowest BCUT2D eigenvalue weighted by Crippen LogP contribution is -2.44. The zero-order valence-electron chi connectivity index (χ0n) is 28.4. The van der Waals surface area contributed by atoms with Gasteiger partial charge in [0.05, 0.1) is 0 Å². The Morgan fingerprint density at radius 2 is 1.38 bits per heavy atom. The number of nitrogens with zero attached hydrogens (tertiary/aromatic N) is 1. The van der Waals surface area contributed by atoms with Gasteiger partial charge in [0.25, 0.3) is 0 Å². The fourth-order valence-electron chi connectivity index (χ4n) is 9.92. The summed E-state index contributed by atoms with van der Waals surface area (Å²) in [7, 11) is 4.13. The van der Waals surface area contributed by atoms with Gasteiger partial charge >= 0.3 is 0 Å². The van der Waals surface area contributed by atoms with Crippen LogP contribution in [0.4, 0.5) is 5.69 Å². The predicted octanol–water partition coefficient (Wildman–Crippen LogP) is 10.6. The van der Waals surface area contributed by atoms with Gasteiger partial charge in [-0.15, -0.1) is 0 Å². The molecular formula is C44H43NO2. The zero-order chi connectivity index (χ0) is 32.8. The summed E-state index contributed by atoms with van der Waals surface area (Å²) in [5.74, 6) is 0.860. The molecule has 1 spiro atoms. The molecule has 5 aromatic rings. The normalized spacial score (nSPS) is 21.1. The van der Waals surface area contributed by atoms with E-state index in [-0.39, 0.29) is 16.2 Å². The van der Waals surface area contributed by atoms with Crippen molar-refractivity contribution in [2.24, 2.45) is 10.8 Å². The Hall–Kier alpha value is -4.63. The van der Waals surface area contributed by atoms with Crippen LogP contribution in [0.3, 0.4) is 0 Å². The number of benzene rings is 5. The second-order valence-corrected chi connectivity index (χ2v) is 15.9. The number of hydrogen-bond acceptors (Lipinski definition) is 3. The van der Waals surface area contributed by atoms with Crippen LogP contribution in [0.15, 0.2) is 103 Å². The molecule has 0 aromatic heterocycles. The third-order valence-electron chi connectivity index (χ3n) is 10.9. The molecular weight excluding hydrogens is 574 g/mol. The van der Waals surface area contributed by atoms with Crippen molar-refractivity contribution in [1.29, 1.82) is 0 Å². The number of aldehydes is 1. The lowest BCUT2D eigenvalue weighted by molar-refractivity contribution is 0.0641. The zero-order valence-corrected chi connectivity index (χ0v) is 28.4.